The fraction of sp³-hybridized carbons (Fsp3) is 0.238. The predicted molar refractivity (Wildman–Crippen MR) is 112 cm³/mol. The second kappa shape index (κ2) is 7.98. The van der Waals surface area contributed by atoms with E-state index in [0.717, 1.165) is 16.4 Å². The van der Waals surface area contributed by atoms with Crippen molar-refractivity contribution in [3.05, 3.63) is 60.2 Å². The molecule has 0 aliphatic rings. The van der Waals surface area contributed by atoms with Crippen LogP contribution in [-0.4, -0.2) is 37.9 Å². The number of hydrogen-bond acceptors (Lipinski definition) is 5. The Bertz CT molecular complexity index is 1110. The molecule has 1 amide bonds. The molecule has 0 aliphatic heterocycles. The zero-order valence-corrected chi connectivity index (χ0v) is 16.5. The van der Waals surface area contributed by atoms with Crippen LogP contribution in [-0.2, 0) is 4.79 Å². The summed E-state index contributed by atoms with van der Waals surface area (Å²) in [6, 6.07) is 18.1. The third kappa shape index (κ3) is 3.84. The first-order chi connectivity index (χ1) is 13.6. The molecule has 2 N–H and O–H groups in total. The molecule has 2 atom stereocenters. The van der Waals surface area contributed by atoms with Crippen molar-refractivity contribution in [1.29, 1.82) is 0 Å². The Kier molecular flexibility index (Phi) is 5.25. The molecule has 4 rings (SSSR count). The van der Waals surface area contributed by atoms with Crippen LogP contribution < -0.4 is 5.32 Å². The van der Waals surface area contributed by atoms with E-state index in [1.54, 1.807) is 0 Å². The quantitative estimate of drug-likeness (QED) is 0.487. The van der Waals surface area contributed by atoms with Gasteiger partial charge in [0.25, 0.3) is 0 Å². The highest BCUT2D eigenvalue weighted by Crippen LogP contribution is 2.25. The largest absolute Gasteiger partial charge is 0.355 e. The van der Waals surface area contributed by atoms with E-state index in [1.165, 1.54) is 17.3 Å². The van der Waals surface area contributed by atoms with Gasteiger partial charge in [-0.05, 0) is 24.5 Å². The molecule has 4 aromatic rings. The van der Waals surface area contributed by atoms with Crippen LogP contribution in [0.15, 0.2) is 59.8 Å². The van der Waals surface area contributed by atoms with Gasteiger partial charge in [0.1, 0.15) is 5.52 Å². The van der Waals surface area contributed by atoms with Crippen LogP contribution >= 0.6 is 11.8 Å². The van der Waals surface area contributed by atoms with Gasteiger partial charge in [-0.2, -0.15) is 0 Å². The van der Waals surface area contributed by atoms with Gasteiger partial charge in [0.05, 0.1) is 5.25 Å². The lowest BCUT2D eigenvalue weighted by Gasteiger charge is -2.15. The number of amides is 1. The number of fused-ring (bicyclic) bond motifs is 3. The summed E-state index contributed by atoms with van der Waals surface area (Å²) in [7, 11) is 0. The maximum absolute atomic E-state index is 12.5. The summed E-state index contributed by atoms with van der Waals surface area (Å²) in [6.07, 6.45) is 0. The first kappa shape index (κ1) is 18.4. The molecule has 142 valence electrons. The molecule has 7 heteroatoms. The number of para-hydroxylation sites is 1. The lowest BCUT2D eigenvalue weighted by molar-refractivity contribution is -0.120. The van der Waals surface area contributed by atoms with Gasteiger partial charge < -0.3 is 10.3 Å². The third-order valence-electron chi connectivity index (χ3n) is 4.71. The number of H-pyrrole nitrogens is 1. The number of hydrogen-bond donors (Lipinski definition) is 2. The highest BCUT2D eigenvalue weighted by atomic mass is 32.2. The zero-order chi connectivity index (χ0) is 19.5. The number of thioether (sulfide) groups is 1. The van der Waals surface area contributed by atoms with E-state index in [2.05, 4.69) is 44.5 Å². The number of aromatic amines is 1. The monoisotopic (exact) mass is 391 g/mol. The Morgan fingerprint density at radius 3 is 2.64 bits per heavy atom. The van der Waals surface area contributed by atoms with Gasteiger partial charge >= 0.3 is 0 Å². The molecule has 6 nitrogen and oxygen atoms in total. The van der Waals surface area contributed by atoms with Crippen molar-refractivity contribution < 1.29 is 4.79 Å². The number of carbonyl (C=O) groups is 1. The number of nitrogens with one attached hydrogen (secondary N) is 2. The van der Waals surface area contributed by atoms with Crippen LogP contribution in [0.25, 0.3) is 22.1 Å². The Labute approximate surface area is 167 Å². The average molecular weight is 392 g/mol. The standard InChI is InChI=1S/C21H21N5OS/c1-13(15-8-4-3-5-9-15)12-22-20(27)14(2)28-21-24-19-18(25-26-21)16-10-6-7-11-17(16)23-19/h3-11,13-14H,12H2,1-2H3,(H,22,27)(H,23,24,26)/t13-,14+/m1/s1. The van der Waals surface area contributed by atoms with E-state index in [-0.39, 0.29) is 17.1 Å². The normalized spacial score (nSPS) is 13.5. The average Bonchev–Trinajstić information content (AvgIpc) is 3.10. The number of aromatic nitrogens is 4. The fourth-order valence-electron chi connectivity index (χ4n) is 3.06. The van der Waals surface area contributed by atoms with Gasteiger partial charge in [0.2, 0.25) is 11.1 Å². The minimum absolute atomic E-state index is 0.0341. The number of carbonyl (C=O) groups excluding carboxylic acids is 1. The van der Waals surface area contributed by atoms with Crippen molar-refractivity contribution >= 4 is 39.7 Å². The summed E-state index contributed by atoms with van der Waals surface area (Å²) in [5, 5.41) is 12.7. The summed E-state index contributed by atoms with van der Waals surface area (Å²) >= 11 is 1.31. The Morgan fingerprint density at radius 1 is 1.07 bits per heavy atom. The minimum atomic E-state index is -0.313. The SMILES string of the molecule is C[C@H](Sc1nnc2c(n1)[nH]c1ccccc12)C(=O)NC[C@@H](C)c1ccccc1. The Hall–Kier alpha value is -2.93. The molecule has 0 fully saturated rings. The first-order valence-electron chi connectivity index (χ1n) is 9.22. The van der Waals surface area contributed by atoms with E-state index >= 15 is 0 Å². The molecule has 0 unspecified atom stereocenters. The van der Waals surface area contributed by atoms with Crippen LogP contribution in [0.2, 0.25) is 0 Å². The van der Waals surface area contributed by atoms with Crippen LogP contribution in [0.4, 0.5) is 0 Å². The second-order valence-electron chi connectivity index (χ2n) is 6.78. The van der Waals surface area contributed by atoms with E-state index < -0.39 is 0 Å². The first-order valence-corrected chi connectivity index (χ1v) is 10.1. The van der Waals surface area contributed by atoms with Gasteiger partial charge in [-0.3, -0.25) is 4.79 Å². The maximum Gasteiger partial charge on any atom is 0.233 e. The Morgan fingerprint density at radius 2 is 1.82 bits per heavy atom. The lowest BCUT2D eigenvalue weighted by atomic mass is 10.0. The zero-order valence-electron chi connectivity index (χ0n) is 15.7. The molecule has 0 saturated carbocycles. The fourth-order valence-corrected chi connectivity index (χ4v) is 3.80. The topological polar surface area (TPSA) is 83.6 Å². The van der Waals surface area contributed by atoms with Crippen LogP contribution in [0, 0.1) is 0 Å². The van der Waals surface area contributed by atoms with Gasteiger partial charge in [0.15, 0.2) is 5.65 Å². The van der Waals surface area contributed by atoms with Crippen molar-refractivity contribution in [3.8, 4) is 0 Å². The van der Waals surface area contributed by atoms with E-state index in [0.29, 0.717) is 17.3 Å². The van der Waals surface area contributed by atoms with E-state index in [1.807, 2.05) is 49.4 Å². The molecule has 0 saturated heterocycles. The Balaban J connectivity index is 1.40. The number of benzene rings is 2. The molecule has 0 spiro atoms. The molecule has 0 radical (unpaired) electrons. The highest BCUT2D eigenvalue weighted by Gasteiger charge is 2.18. The minimum Gasteiger partial charge on any atom is -0.355 e. The number of rotatable bonds is 6. The summed E-state index contributed by atoms with van der Waals surface area (Å²) in [4.78, 5) is 20.3. The lowest BCUT2D eigenvalue weighted by Crippen LogP contribution is -2.33. The second-order valence-corrected chi connectivity index (χ2v) is 8.09. The summed E-state index contributed by atoms with van der Waals surface area (Å²) in [5.74, 6) is 0.219. The summed E-state index contributed by atoms with van der Waals surface area (Å²) in [5.41, 5.74) is 3.61. The molecular formula is C21H21N5OS. The molecule has 0 aliphatic carbocycles. The van der Waals surface area contributed by atoms with Crippen LogP contribution in [0.1, 0.15) is 25.3 Å². The van der Waals surface area contributed by atoms with Gasteiger partial charge in [-0.25, -0.2) is 4.98 Å². The highest BCUT2D eigenvalue weighted by molar-refractivity contribution is 8.00. The third-order valence-corrected chi connectivity index (χ3v) is 5.66. The predicted octanol–water partition coefficient (Wildman–Crippen LogP) is 3.91. The molecule has 28 heavy (non-hydrogen) atoms. The number of nitrogens with zero attached hydrogens (tertiary/aromatic N) is 3. The van der Waals surface area contributed by atoms with Gasteiger partial charge in [0, 0.05) is 17.4 Å². The van der Waals surface area contributed by atoms with Crippen molar-refractivity contribution in [2.45, 2.75) is 30.2 Å². The van der Waals surface area contributed by atoms with Crippen molar-refractivity contribution in [2.75, 3.05) is 6.54 Å². The molecule has 2 heterocycles. The van der Waals surface area contributed by atoms with Crippen molar-refractivity contribution in [3.63, 3.8) is 0 Å². The molecular weight excluding hydrogens is 370 g/mol. The van der Waals surface area contributed by atoms with Crippen molar-refractivity contribution in [2.24, 2.45) is 0 Å². The van der Waals surface area contributed by atoms with Gasteiger partial charge in [-0.15, -0.1) is 10.2 Å². The van der Waals surface area contributed by atoms with E-state index in [9.17, 15) is 4.79 Å². The van der Waals surface area contributed by atoms with Crippen LogP contribution in [0.3, 0.4) is 0 Å². The summed E-state index contributed by atoms with van der Waals surface area (Å²) in [6.45, 7) is 4.55. The molecule has 0 bridgehead atoms. The van der Waals surface area contributed by atoms with Gasteiger partial charge in [-0.1, -0.05) is 67.2 Å². The van der Waals surface area contributed by atoms with Crippen LogP contribution in [0.5, 0.6) is 0 Å². The smallest absolute Gasteiger partial charge is 0.233 e. The van der Waals surface area contributed by atoms with Crippen molar-refractivity contribution in [1.82, 2.24) is 25.5 Å². The molecule has 2 aromatic carbocycles. The summed E-state index contributed by atoms with van der Waals surface area (Å²) < 4.78 is 0. The maximum atomic E-state index is 12.5. The molecule has 2 aromatic heterocycles. The van der Waals surface area contributed by atoms with E-state index in [4.69, 9.17) is 0 Å².